The fourth-order valence-electron chi connectivity index (χ4n) is 4.00. The summed E-state index contributed by atoms with van der Waals surface area (Å²) in [5.74, 6) is -1.51. The lowest BCUT2D eigenvalue weighted by Gasteiger charge is -2.41. The highest BCUT2D eigenvalue weighted by atomic mass is 16.6. The van der Waals surface area contributed by atoms with Gasteiger partial charge >= 0.3 is 12.7 Å². The van der Waals surface area contributed by atoms with Crippen LogP contribution in [0.15, 0.2) is 36.4 Å². The minimum absolute atomic E-state index is 0.00516. The number of carboxylic acid groups (broad SMARTS) is 1. The number of aryl methyl sites for hydroxylation is 2. The summed E-state index contributed by atoms with van der Waals surface area (Å²) in [5, 5.41) is 29.3. The smallest absolute Gasteiger partial charge is 0.430 e. The normalized spacial score (nSPS) is 18.2. The lowest BCUT2D eigenvalue weighted by Crippen LogP contribution is -2.60. The molecule has 2 aliphatic heterocycles. The molecule has 2 heterocycles. The minimum Gasteiger partial charge on any atom is -0.669 e. The molecule has 0 aliphatic carbocycles. The van der Waals surface area contributed by atoms with Crippen molar-refractivity contribution in [3.05, 3.63) is 58.7 Å². The average molecular weight is 441 g/mol. The third-order valence-electron chi connectivity index (χ3n) is 5.86. The number of amides is 1. The van der Waals surface area contributed by atoms with Crippen LogP contribution in [0.3, 0.4) is 0 Å². The number of ether oxygens (including phenoxy) is 1. The molecule has 4 rings (SSSR count). The molecule has 1 saturated heterocycles. The van der Waals surface area contributed by atoms with E-state index in [1.165, 1.54) is 6.07 Å². The Morgan fingerprint density at radius 3 is 2.56 bits per heavy atom. The molecule has 0 spiro atoms. The van der Waals surface area contributed by atoms with Crippen molar-refractivity contribution in [1.29, 1.82) is 0 Å². The van der Waals surface area contributed by atoms with Crippen molar-refractivity contribution in [3.8, 4) is 11.5 Å². The van der Waals surface area contributed by atoms with Crippen molar-refractivity contribution >= 4 is 18.6 Å². The van der Waals surface area contributed by atoms with Crippen molar-refractivity contribution in [3.63, 3.8) is 0 Å². The molecule has 0 unspecified atom stereocenters. The highest BCUT2D eigenvalue weighted by Gasteiger charge is 2.37. The van der Waals surface area contributed by atoms with Gasteiger partial charge < -0.3 is 35.2 Å². The molecule has 0 bridgehead atoms. The summed E-state index contributed by atoms with van der Waals surface area (Å²) in [4.78, 5) is 26.0. The fraction of sp³-hybridized carbons (Fsp3) is 0.364. The minimum atomic E-state index is -3.11. The number of likely N-dealkylation sites (tertiary alicyclic amines) is 1. The number of rotatable bonds is 6. The van der Waals surface area contributed by atoms with Crippen molar-refractivity contribution in [2.45, 2.75) is 38.2 Å². The zero-order valence-corrected chi connectivity index (χ0v) is 17.7. The van der Waals surface area contributed by atoms with Gasteiger partial charge in [-0.25, -0.2) is 4.79 Å². The molecule has 32 heavy (non-hydrogen) atoms. The van der Waals surface area contributed by atoms with Crippen molar-refractivity contribution in [2.75, 3.05) is 13.1 Å². The Morgan fingerprint density at radius 1 is 1.22 bits per heavy atom. The lowest BCUT2D eigenvalue weighted by molar-refractivity contribution is -0.141. The molecule has 0 saturated carbocycles. The number of hydrogen-bond acceptors (Lipinski definition) is 7. The SMILES string of the molecule is Cc1ccc(C[C@@H](N)C(=O)N2CC(Oc3ccc4c(c3C(=O)O)O[B-](O)(O)CC4)C2)cc1. The van der Waals surface area contributed by atoms with Gasteiger partial charge in [0.25, 0.3) is 0 Å². The van der Waals surface area contributed by atoms with E-state index in [0.717, 1.165) is 11.1 Å². The van der Waals surface area contributed by atoms with Crippen LogP contribution in [-0.4, -0.2) is 63.9 Å². The predicted molar refractivity (Wildman–Crippen MR) is 117 cm³/mol. The molecule has 0 aromatic heterocycles. The summed E-state index contributed by atoms with van der Waals surface area (Å²) < 4.78 is 11.0. The molecule has 9 nitrogen and oxygen atoms in total. The monoisotopic (exact) mass is 441 g/mol. The van der Waals surface area contributed by atoms with Crippen LogP contribution >= 0.6 is 0 Å². The average Bonchev–Trinajstić information content (AvgIpc) is 2.70. The van der Waals surface area contributed by atoms with Crippen LogP contribution in [-0.2, 0) is 17.6 Å². The highest BCUT2D eigenvalue weighted by molar-refractivity contribution is 6.59. The number of aromatic carboxylic acids is 1. The van der Waals surface area contributed by atoms with E-state index in [2.05, 4.69) is 0 Å². The Labute approximate surface area is 185 Å². The van der Waals surface area contributed by atoms with Crippen LogP contribution in [0.25, 0.3) is 0 Å². The highest BCUT2D eigenvalue weighted by Crippen LogP contribution is 2.39. The topological polar surface area (TPSA) is 143 Å². The molecule has 1 fully saturated rings. The fourth-order valence-corrected chi connectivity index (χ4v) is 4.00. The first kappa shape index (κ1) is 22.1. The first-order valence-electron chi connectivity index (χ1n) is 10.6. The molecule has 0 radical (unpaired) electrons. The van der Waals surface area contributed by atoms with E-state index in [4.69, 9.17) is 15.1 Å². The molecule has 170 valence electrons. The predicted octanol–water partition coefficient (Wildman–Crippen LogP) is 0.711. The Bertz CT molecular complexity index is 1040. The van der Waals surface area contributed by atoms with Gasteiger partial charge in [-0.3, -0.25) is 4.79 Å². The van der Waals surface area contributed by atoms with E-state index in [-0.39, 0.29) is 48.8 Å². The van der Waals surface area contributed by atoms with Crippen LogP contribution in [0.4, 0.5) is 0 Å². The number of fused-ring (bicyclic) bond motifs is 1. The third-order valence-corrected chi connectivity index (χ3v) is 5.86. The number of nitrogens with two attached hydrogens (primary N) is 1. The molecule has 5 N–H and O–H groups in total. The zero-order valence-electron chi connectivity index (χ0n) is 17.7. The van der Waals surface area contributed by atoms with Crippen LogP contribution in [0.1, 0.15) is 27.0 Å². The molecule has 2 aliphatic rings. The molecular formula is C22H26BN2O7-. The van der Waals surface area contributed by atoms with Crippen LogP contribution in [0, 0.1) is 6.92 Å². The number of nitrogens with zero attached hydrogens (tertiary/aromatic N) is 1. The van der Waals surface area contributed by atoms with Gasteiger partial charge in [0.15, 0.2) is 0 Å². The number of benzene rings is 2. The maximum atomic E-state index is 12.6. The van der Waals surface area contributed by atoms with Crippen molar-refractivity contribution in [2.24, 2.45) is 5.73 Å². The van der Waals surface area contributed by atoms with E-state index in [1.54, 1.807) is 11.0 Å². The molecule has 2 aromatic rings. The van der Waals surface area contributed by atoms with E-state index in [9.17, 15) is 24.7 Å². The van der Waals surface area contributed by atoms with Crippen LogP contribution in [0.2, 0.25) is 6.32 Å². The first-order valence-corrected chi connectivity index (χ1v) is 10.6. The Balaban J connectivity index is 1.39. The summed E-state index contributed by atoms with van der Waals surface area (Å²) in [7, 11) is 0. The summed E-state index contributed by atoms with van der Waals surface area (Å²) >= 11 is 0. The number of carboxylic acids is 1. The van der Waals surface area contributed by atoms with Crippen LogP contribution < -0.4 is 15.1 Å². The van der Waals surface area contributed by atoms with E-state index >= 15 is 0 Å². The third kappa shape index (κ3) is 4.57. The molecule has 10 heteroatoms. The number of carbonyl (C=O) groups excluding carboxylic acids is 1. The van der Waals surface area contributed by atoms with E-state index < -0.39 is 24.9 Å². The molecule has 1 amide bonds. The van der Waals surface area contributed by atoms with Gasteiger partial charge in [0.1, 0.15) is 17.4 Å². The van der Waals surface area contributed by atoms with Gasteiger partial charge in [-0.2, -0.15) is 0 Å². The van der Waals surface area contributed by atoms with E-state index in [0.29, 0.717) is 12.0 Å². The molecular weight excluding hydrogens is 415 g/mol. The maximum absolute atomic E-state index is 12.6. The van der Waals surface area contributed by atoms with Crippen molar-refractivity contribution < 1.29 is 34.1 Å². The largest absolute Gasteiger partial charge is 0.669 e. The first-order chi connectivity index (χ1) is 15.1. The maximum Gasteiger partial charge on any atom is 0.430 e. The quantitative estimate of drug-likeness (QED) is 0.480. The summed E-state index contributed by atoms with van der Waals surface area (Å²) in [6.45, 7) is -0.550. The van der Waals surface area contributed by atoms with Gasteiger partial charge in [0.05, 0.1) is 24.9 Å². The second-order valence-electron chi connectivity index (χ2n) is 8.53. The second kappa shape index (κ2) is 8.46. The van der Waals surface area contributed by atoms with Crippen molar-refractivity contribution in [1.82, 2.24) is 4.90 Å². The Morgan fingerprint density at radius 2 is 1.91 bits per heavy atom. The second-order valence-corrected chi connectivity index (χ2v) is 8.53. The molecule has 2 aromatic carbocycles. The summed E-state index contributed by atoms with van der Waals surface area (Å²) in [6, 6.07) is 10.4. The van der Waals surface area contributed by atoms with E-state index in [1.807, 2.05) is 31.2 Å². The zero-order chi connectivity index (χ0) is 23.0. The Hall–Kier alpha value is -3.08. The van der Waals surface area contributed by atoms with Gasteiger partial charge in [-0.15, -0.1) is 0 Å². The van der Waals surface area contributed by atoms with Gasteiger partial charge in [-0.1, -0.05) is 42.2 Å². The summed E-state index contributed by atoms with van der Waals surface area (Å²) in [6.07, 6.45) is 0.310. The number of hydrogen-bond donors (Lipinski definition) is 4. The standard InChI is InChI=1S/C22H26BN2O7/c1-13-2-4-14(5-3-13)10-17(24)21(26)25-11-16(12-25)31-18-7-6-15-8-9-23(29,30)32-20(15)19(18)22(27)28/h2-7,16-17,29-30H,8-12,24H2,1H3,(H,27,28)/q-1/t17-/m1/s1. The van der Waals surface area contributed by atoms with Crippen LogP contribution in [0.5, 0.6) is 11.5 Å². The van der Waals surface area contributed by atoms with Gasteiger partial charge in [0.2, 0.25) is 5.91 Å². The summed E-state index contributed by atoms with van der Waals surface area (Å²) in [5.41, 5.74) is 8.52. The van der Waals surface area contributed by atoms with Gasteiger partial charge in [-0.05, 0) is 37.0 Å². The molecule has 1 atom stereocenters. The lowest BCUT2D eigenvalue weighted by atomic mass is 9.70. The van der Waals surface area contributed by atoms with Gasteiger partial charge in [0, 0.05) is 0 Å². The number of carbonyl (C=O) groups is 2. The Kier molecular flexibility index (Phi) is 5.85.